The number of morpholine rings is 1. The number of carbonyl (C=O) groups is 1. The first-order valence-electron chi connectivity index (χ1n) is 10.1. The lowest BCUT2D eigenvalue weighted by Crippen LogP contribution is -2.35. The highest BCUT2D eigenvalue weighted by Crippen LogP contribution is 2.21. The van der Waals surface area contributed by atoms with Gasteiger partial charge in [-0.3, -0.25) is 14.7 Å². The van der Waals surface area contributed by atoms with Crippen molar-refractivity contribution in [3.05, 3.63) is 65.9 Å². The second-order valence-corrected chi connectivity index (χ2v) is 7.38. The molecule has 28 heavy (non-hydrogen) atoms. The van der Waals surface area contributed by atoms with Gasteiger partial charge < -0.3 is 9.64 Å². The third kappa shape index (κ3) is 4.16. The van der Waals surface area contributed by atoms with Crippen LogP contribution in [0.5, 0.6) is 0 Å². The Bertz CT molecular complexity index is 824. The molecule has 0 radical (unpaired) electrons. The van der Waals surface area contributed by atoms with Crippen LogP contribution in [0.1, 0.15) is 29.3 Å². The number of aromatic nitrogens is 1. The molecule has 4 rings (SSSR count). The predicted octanol–water partition coefficient (Wildman–Crippen LogP) is 3.37. The maximum atomic E-state index is 12.8. The summed E-state index contributed by atoms with van der Waals surface area (Å²) in [5, 5.41) is 0. The Labute approximate surface area is 166 Å². The first kappa shape index (κ1) is 18.8. The molecule has 0 bridgehead atoms. The molecule has 3 heterocycles. The minimum Gasteiger partial charge on any atom is -0.379 e. The van der Waals surface area contributed by atoms with Gasteiger partial charge in [-0.05, 0) is 30.2 Å². The Balaban J connectivity index is 1.41. The van der Waals surface area contributed by atoms with Crippen LogP contribution in [0.25, 0.3) is 11.3 Å². The number of pyridine rings is 1. The van der Waals surface area contributed by atoms with E-state index in [4.69, 9.17) is 4.74 Å². The first-order chi connectivity index (χ1) is 13.7. The van der Waals surface area contributed by atoms with E-state index in [2.05, 4.69) is 41.1 Å². The highest BCUT2D eigenvalue weighted by atomic mass is 16.5. The second-order valence-electron chi connectivity index (χ2n) is 7.38. The SMILES string of the molecule is CC[C@@H]1C=CCN1C(=O)c1ccc(-c2ccc(CN3CCOCC3)cn2)cc1. The number of hydrogen-bond acceptors (Lipinski definition) is 4. The van der Waals surface area contributed by atoms with Crippen molar-refractivity contribution in [3.63, 3.8) is 0 Å². The summed E-state index contributed by atoms with van der Waals surface area (Å²) in [6.45, 7) is 7.29. The van der Waals surface area contributed by atoms with Crippen LogP contribution < -0.4 is 0 Å². The Hall–Kier alpha value is -2.50. The van der Waals surface area contributed by atoms with Crippen LogP contribution in [-0.4, -0.2) is 59.6 Å². The fourth-order valence-corrected chi connectivity index (χ4v) is 3.82. The van der Waals surface area contributed by atoms with Crippen LogP contribution in [0, 0.1) is 0 Å². The van der Waals surface area contributed by atoms with Crippen molar-refractivity contribution in [2.75, 3.05) is 32.8 Å². The number of ether oxygens (including phenoxy) is 1. The predicted molar refractivity (Wildman–Crippen MR) is 110 cm³/mol. The molecule has 0 unspecified atom stereocenters. The smallest absolute Gasteiger partial charge is 0.254 e. The summed E-state index contributed by atoms with van der Waals surface area (Å²) in [5.41, 5.74) is 3.90. The molecule has 1 amide bonds. The molecule has 2 aromatic rings. The Kier molecular flexibility index (Phi) is 5.84. The van der Waals surface area contributed by atoms with Gasteiger partial charge in [0.25, 0.3) is 5.91 Å². The van der Waals surface area contributed by atoms with Crippen LogP contribution >= 0.6 is 0 Å². The average molecular weight is 377 g/mol. The molecular weight excluding hydrogens is 350 g/mol. The standard InChI is InChI=1S/C23H27N3O2/c1-2-21-4-3-11-26(21)23(27)20-8-6-19(7-9-20)22-10-5-18(16-24-22)17-25-12-14-28-15-13-25/h3-10,16,21H,2,11-15,17H2,1H3/t21-/m1/s1. The van der Waals surface area contributed by atoms with Crippen molar-refractivity contribution in [2.45, 2.75) is 25.9 Å². The van der Waals surface area contributed by atoms with Crippen molar-refractivity contribution in [1.82, 2.24) is 14.8 Å². The van der Waals surface area contributed by atoms with Crippen molar-refractivity contribution in [1.29, 1.82) is 0 Å². The first-order valence-corrected chi connectivity index (χ1v) is 10.1. The third-order valence-electron chi connectivity index (χ3n) is 5.50. The number of hydrogen-bond donors (Lipinski definition) is 0. The van der Waals surface area contributed by atoms with Gasteiger partial charge in [-0.1, -0.05) is 37.3 Å². The number of benzene rings is 1. The third-order valence-corrected chi connectivity index (χ3v) is 5.50. The van der Waals surface area contributed by atoms with Crippen LogP contribution in [0.2, 0.25) is 0 Å². The summed E-state index contributed by atoms with van der Waals surface area (Å²) >= 11 is 0. The van der Waals surface area contributed by atoms with Gasteiger partial charge in [0.05, 0.1) is 24.9 Å². The molecule has 0 saturated carbocycles. The molecule has 1 aromatic carbocycles. The molecule has 0 N–H and O–H groups in total. The van der Waals surface area contributed by atoms with Gasteiger partial charge in [-0.2, -0.15) is 0 Å². The van der Waals surface area contributed by atoms with E-state index in [1.165, 1.54) is 5.56 Å². The minimum atomic E-state index is 0.0946. The average Bonchev–Trinajstić information content (AvgIpc) is 3.24. The lowest BCUT2D eigenvalue weighted by atomic mass is 10.1. The molecule has 5 nitrogen and oxygen atoms in total. The van der Waals surface area contributed by atoms with E-state index in [9.17, 15) is 4.79 Å². The zero-order chi connectivity index (χ0) is 19.3. The van der Waals surface area contributed by atoms with Crippen LogP contribution in [0.4, 0.5) is 0 Å². The minimum absolute atomic E-state index is 0.0946. The molecule has 1 saturated heterocycles. The summed E-state index contributed by atoms with van der Waals surface area (Å²) in [4.78, 5) is 21.7. The van der Waals surface area contributed by atoms with Crippen molar-refractivity contribution in [3.8, 4) is 11.3 Å². The van der Waals surface area contributed by atoms with Crippen molar-refractivity contribution >= 4 is 5.91 Å². The van der Waals surface area contributed by atoms with Gasteiger partial charge in [0.2, 0.25) is 0 Å². The zero-order valence-electron chi connectivity index (χ0n) is 16.4. The van der Waals surface area contributed by atoms with E-state index in [-0.39, 0.29) is 11.9 Å². The summed E-state index contributed by atoms with van der Waals surface area (Å²) in [6.07, 6.45) is 7.09. The monoisotopic (exact) mass is 377 g/mol. The van der Waals surface area contributed by atoms with Gasteiger partial charge in [-0.25, -0.2) is 0 Å². The second kappa shape index (κ2) is 8.67. The summed E-state index contributed by atoms with van der Waals surface area (Å²) < 4.78 is 5.40. The molecule has 1 aromatic heterocycles. The van der Waals surface area contributed by atoms with Gasteiger partial charge in [0.1, 0.15) is 0 Å². The Morgan fingerprint density at radius 1 is 1.14 bits per heavy atom. The molecular formula is C23H27N3O2. The van der Waals surface area contributed by atoms with Crippen molar-refractivity contribution < 1.29 is 9.53 Å². The van der Waals surface area contributed by atoms with Crippen molar-refractivity contribution in [2.24, 2.45) is 0 Å². The topological polar surface area (TPSA) is 45.7 Å². The van der Waals surface area contributed by atoms with Gasteiger partial charge >= 0.3 is 0 Å². The zero-order valence-corrected chi connectivity index (χ0v) is 16.4. The Morgan fingerprint density at radius 3 is 2.61 bits per heavy atom. The lowest BCUT2D eigenvalue weighted by Gasteiger charge is -2.26. The van der Waals surface area contributed by atoms with Crippen LogP contribution in [0.15, 0.2) is 54.7 Å². The lowest BCUT2D eigenvalue weighted by molar-refractivity contribution is 0.0341. The number of nitrogens with zero attached hydrogens (tertiary/aromatic N) is 3. The molecule has 2 aliphatic heterocycles. The van der Waals surface area contributed by atoms with E-state index in [0.29, 0.717) is 6.54 Å². The quantitative estimate of drug-likeness (QED) is 0.750. The fraction of sp³-hybridized carbons (Fsp3) is 0.391. The largest absolute Gasteiger partial charge is 0.379 e. The number of amides is 1. The summed E-state index contributed by atoms with van der Waals surface area (Å²) in [7, 11) is 0. The summed E-state index contributed by atoms with van der Waals surface area (Å²) in [5.74, 6) is 0.0946. The van der Waals surface area contributed by atoms with E-state index < -0.39 is 0 Å². The molecule has 1 atom stereocenters. The molecule has 0 aliphatic carbocycles. The van der Waals surface area contributed by atoms with Gasteiger partial charge in [0, 0.05) is 43.5 Å². The molecule has 5 heteroatoms. The van der Waals surface area contributed by atoms with Crippen LogP contribution in [-0.2, 0) is 11.3 Å². The Morgan fingerprint density at radius 2 is 1.93 bits per heavy atom. The van der Waals surface area contributed by atoms with Crippen LogP contribution in [0.3, 0.4) is 0 Å². The molecule has 2 aliphatic rings. The number of carbonyl (C=O) groups excluding carboxylic acids is 1. The maximum absolute atomic E-state index is 12.8. The normalized spacial score (nSPS) is 19.9. The van der Waals surface area contributed by atoms with E-state index in [1.807, 2.05) is 35.4 Å². The molecule has 146 valence electrons. The fourth-order valence-electron chi connectivity index (χ4n) is 3.82. The number of rotatable bonds is 5. The van der Waals surface area contributed by atoms with Gasteiger partial charge in [-0.15, -0.1) is 0 Å². The van der Waals surface area contributed by atoms with Gasteiger partial charge in [0.15, 0.2) is 0 Å². The van der Waals surface area contributed by atoms with E-state index >= 15 is 0 Å². The highest BCUT2D eigenvalue weighted by Gasteiger charge is 2.24. The molecule has 0 spiro atoms. The highest BCUT2D eigenvalue weighted by molar-refractivity contribution is 5.95. The molecule has 1 fully saturated rings. The van der Waals surface area contributed by atoms with E-state index in [0.717, 1.165) is 56.1 Å². The maximum Gasteiger partial charge on any atom is 0.254 e. The van der Waals surface area contributed by atoms with E-state index in [1.54, 1.807) is 0 Å². The summed E-state index contributed by atoms with van der Waals surface area (Å²) in [6, 6.07) is 12.2.